The van der Waals surface area contributed by atoms with E-state index in [2.05, 4.69) is 19.2 Å². The van der Waals surface area contributed by atoms with E-state index in [0.717, 1.165) is 57.8 Å². The second kappa shape index (κ2) is 46.3. The third-order valence-electron chi connectivity index (χ3n) is 11.6. The van der Waals surface area contributed by atoms with Crippen LogP contribution in [-0.4, -0.2) is 47.4 Å². The molecule has 0 aliphatic rings. The number of aliphatic hydroxyl groups is 2. The van der Waals surface area contributed by atoms with E-state index >= 15 is 0 Å². The number of aliphatic hydroxyl groups excluding tert-OH is 2. The summed E-state index contributed by atoms with van der Waals surface area (Å²) in [6.45, 7) is 4.87. The van der Waals surface area contributed by atoms with Crippen molar-refractivity contribution in [3.8, 4) is 0 Å². The van der Waals surface area contributed by atoms with Gasteiger partial charge in [-0.1, -0.05) is 238 Å². The molecule has 3 N–H and O–H groups in total. The molecule has 0 aromatic carbocycles. The highest BCUT2D eigenvalue weighted by molar-refractivity contribution is 5.76. The Morgan fingerprint density at radius 3 is 1.21 bits per heavy atom. The molecule has 0 fully saturated rings. The third-order valence-corrected chi connectivity index (χ3v) is 11.6. The van der Waals surface area contributed by atoms with Gasteiger partial charge in [0.1, 0.15) is 0 Å². The Labute approximate surface area is 349 Å². The number of unbranched alkanes of at least 4 members (excludes halogenated alkanes) is 35. The van der Waals surface area contributed by atoms with Gasteiger partial charge in [0.15, 0.2) is 0 Å². The van der Waals surface area contributed by atoms with E-state index in [4.69, 9.17) is 4.74 Å². The maximum Gasteiger partial charge on any atom is 0.305 e. The molecule has 0 aromatic heterocycles. The van der Waals surface area contributed by atoms with Gasteiger partial charge < -0.3 is 20.3 Å². The molecule has 0 aliphatic heterocycles. The van der Waals surface area contributed by atoms with Gasteiger partial charge >= 0.3 is 5.97 Å². The maximum atomic E-state index is 12.4. The normalized spacial score (nSPS) is 12.7. The largest absolute Gasteiger partial charge is 0.466 e. The van der Waals surface area contributed by atoms with E-state index in [9.17, 15) is 19.8 Å². The average molecular weight is 792 g/mol. The molecule has 0 radical (unpaired) electrons. The van der Waals surface area contributed by atoms with Crippen LogP contribution in [0.4, 0.5) is 0 Å². The van der Waals surface area contributed by atoms with Crippen LogP contribution >= 0.6 is 0 Å². The molecule has 6 heteroatoms. The summed E-state index contributed by atoms with van der Waals surface area (Å²) >= 11 is 0. The van der Waals surface area contributed by atoms with Crippen molar-refractivity contribution in [1.29, 1.82) is 0 Å². The lowest BCUT2D eigenvalue weighted by molar-refractivity contribution is -0.143. The summed E-state index contributed by atoms with van der Waals surface area (Å²) < 4.78 is 5.46. The van der Waals surface area contributed by atoms with Crippen LogP contribution in [0.1, 0.15) is 271 Å². The first kappa shape index (κ1) is 54.6. The lowest BCUT2D eigenvalue weighted by Gasteiger charge is -2.20. The number of rotatable bonds is 46. The summed E-state index contributed by atoms with van der Waals surface area (Å²) in [5.74, 6) is -0.0808. The highest BCUT2D eigenvalue weighted by atomic mass is 16.5. The van der Waals surface area contributed by atoms with Crippen molar-refractivity contribution in [3.05, 3.63) is 12.2 Å². The van der Waals surface area contributed by atoms with Crippen LogP contribution in [0.2, 0.25) is 0 Å². The number of amides is 1. The lowest BCUT2D eigenvalue weighted by Crippen LogP contribution is -2.45. The fourth-order valence-electron chi connectivity index (χ4n) is 7.69. The molecule has 56 heavy (non-hydrogen) atoms. The number of carbonyl (C=O) groups is 2. The van der Waals surface area contributed by atoms with Crippen LogP contribution < -0.4 is 5.32 Å². The molecular formula is C50H97NO5. The van der Waals surface area contributed by atoms with Gasteiger partial charge in [-0.3, -0.25) is 9.59 Å². The van der Waals surface area contributed by atoms with E-state index in [-0.39, 0.29) is 18.5 Å². The van der Waals surface area contributed by atoms with Gasteiger partial charge in [0, 0.05) is 12.8 Å². The zero-order valence-corrected chi connectivity index (χ0v) is 37.6. The van der Waals surface area contributed by atoms with Crippen molar-refractivity contribution in [2.75, 3.05) is 13.2 Å². The lowest BCUT2D eigenvalue weighted by atomic mass is 10.0. The Kier molecular flexibility index (Phi) is 45.1. The number of carbonyl (C=O) groups excluding carboxylic acids is 2. The summed E-state index contributed by atoms with van der Waals surface area (Å²) in [4.78, 5) is 24.4. The van der Waals surface area contributed by atoms with Crippen molar-refractivity contribution >= 4 is 11.9 Å². The van der Waals surface area contributed by atoms with Crippen LogP contribution in [0.3, 0.4) is 0 Å². The highest BCUT2D eigenvalue weighted by Crippen LogP contribution is 2.16. The molecule has 6 nitrogen and oxygen atoms in total. The summed E-state index contributed by atoms with van der Waals surface area (Å²) in [5.41, 5.74) is 0. The third kappa shape index (κ3) is 42.2. The zero-order valence-electron chi connectivity index (χ0n) is 37.6. The predicted molar refractivity (Wildman–Crippen MR) is 241 cm³/mol. The smallest absolute Gasteiger partial charge is 0.305 e. The fraction of sp³-hybridized carbons (Fsp3) is 0.920. The minimum Gasteiger partial charge on any atom is -0.466 e. The monoisotopic (exact) mass is 792 g/mol. The summed E-state index contributed by atoms with van der Waals surface area (Å²) in [7, 11) is 0. The molecule has 0 aromatic rings. The van der Waals surface area contributed by atoms with E-state index in [1.165, 1.54) is 186 Å². The van der Waals surface area contributed by atoms with Crippen molar-refractivity contribution in [2.45, 2.75) is 283 Å². The Morgan fingerprint density at radius 1 is 0.482 bits per heavy atom. The SMILES string of the molecule is CCCCCCCCCCCC/C=C/C(O)C(CO)NC(=O)CCCCCCCCCCCCCCCCOC(=O)CCCCCCCCCCCCCCC. The standard InChI is InChI=1S/C50H97NO5/c1-3-5-7-9-11-13-15-19-24-28-32-36-40-44-50(55)56-45-41-37-33-29-25-21-18-17-20-23-27-31-35-39-43-49(54)51-47(46-52)48(53)42-38-34-30-26-22-16-14-12-10-8-6-4-2/h38,42,47-48,52-53H,3-37,39-41,43-46H2,1-2H3,(H,51,54)/b42-38+. The van der Waals surface area contributed by atoms with Crippen LogP contribution in [-0.2, 0) is 14.3 Å². The quantitative estimate of drug-likeness (QED) is 0.0324. The molecule has 2 unspecified atom stereocenters. The molecule has 0 spiro atoms. The first-order valence-corrected chi connectivity index (χ1v) is 25.0. The van der Waals surface area contributed by atoms with E-state index < -0.39 is 12.1 Å². The van der Waals surface area contributed by atoms with E-state index in [0.29, 0.717) is 19.4 Å². The Morgan fingerprint density at radius 2 is 0.821 bits per heavy atom. The van der Waals surface area contributed by atoms with Crippen molar-refractivity contribution in [3.63, 3.8) is 0 Å². The summed E-state index contributed by atoms with van der Waals surface area (Å²) in [6.07, 6.45) is 52.0. The fourth-order valence-corrected chi connectivity index (χ4v) is 7.69. The van der Waals surface area contributed by atoms with Gasteiger partial charge in [0.05, 0.1) is 25.4 Å². The molecule has 1 amide bonds. The Bertz CT molecular complexity index is 832. The summed E-state index contributed by atoms with van der Waals surface area (Å²) in [6, 6.07) is -0.633. The number of hydrogen-bond donors (Lipinski definition) is 3. The van der Waals surface area contributed by atoms with E-state index in [1.807, 2.05) is 6.08 Å². The molecule has 0 saturated heterocycles. The first-order valence-electron chi connectivity index (χ1n) is 25.0. The highest BCUT2D eigenvalue weighted by Gasteiger charge is 2.18. The van der Waals surface area contributed by atoms with Crippen molar-refractivity contribution < 1.29 is 24.5 Å². The van der Waals surface area contributed by atoms with Crippen molar-refractivity contribution in [1.82, 2.24) is 5.32 Å². The predicted octanol–water partition coefficient (Wildman–Crippen LogP) is 14.6. The van der Waals surface area contributed by atoms with Crippen LogP contribution in [0.15, 0.2) is 12.2 Å². The number of allylic oxidation sites excluding steroid dienone is 1. The van der Waals surface area contributed by atoms with Crippen molar-refractivity contribution in [2.24, 2.45) is 0 Å². The minimum absolute atomic E-state index is 0.00212. The average Bonchev–Trinajstić information content (AvgIpc) is 3.20. The first-order chi connectivity index (χ1) is 27.5. The number of ether oxygens (including phenoxy) is 1. The molecule has 0 bridgehead atoms. The molecule has 0 rings (SSSR count). The van der Waals surface area contributed by atoms with Gasteiger partial charge in [-0.15, -0.1) is 0 Å². The summed E-state index contributed by atoms with van der Waals surface area (Å²) in [5, 5.41) is 23.0. The topological polar surface area (TPSA) is 95.9 Å². The van der Waals surface area contributed by atoms with Gasteiger partial charge in [-0.2, -0.15) is 0 Å². The van der Waals surface area contributed by atoms with E-state index in [1.54, 1.807) is 6.08 Å². The van der Waals surface area contributed by atoms with Crippen LogP contribution in [0.25, 0.3) is 0 Å². The molecule has 332 valence electrons. The molecule has 2 atom stereocenters. The molecule has 0 saturated carbocycles. The van der Waals surface area contributed by atoms with Gasteiger partial charge in [0.2, 0.25) is 5.91 Å². The van der Waals surface area contributed by atoms with Gasteiger partial charge in [-0.05, 0) is 32.1 Å². The molecular weight excluding hydrogens is 695 g/mol. The van der Waals surface area contributed by atoms with Gasteiger partial charge in [-0.25, -0.2) is 0 Å². The number of hydrogen-bond acceptors (Lipinski definition) is 5. The second-order valence-electron chi connectivity index (χ2n) is 17.2. The Balaban J connectivity index is 3.45. The zero-order chi connectivity index (χ0) is 40.8. The second-order valence-corrected chi connectivity index (χ2v) is 17.2. The maximum absolute atomic E-state index is 12.4. The Hall–Kier alpha value is -1.40. The number of nitrogens with one attached hydrogen (secondary N) is 1. The van der Waals surface area contributed by atoms with Crippen LogP contribution in [0.5, 0.6) is 0 Å². The van der Waals surface area contributed by atoms with Crippen LogP contribution in [0, 0.1) is 0 Å². The molecule has 0 aliphatic carbocycles. The minimum atomic E-state index is -0.849. The molecule has 0 heterocycles. The van der Waals surface area contributed by atoms with Gasteiger partial charge in [0.25, 0.3) is 0 Å². The number of esters is 1.